The molecular weight excluding hydrogens is 144 g/mol. The molecule has 0 spiro atoms. The van der Waals surface area contributed by atoms with Gasteiger partial charge in [-0.15, -0.1) is 0 Å². The highest BCUT2D eigenvalue weighted by atomic mass is 16.5. The Bertz CT molecular complexity index is 298. The van der Waals surface area contributed by atoms with Crippen LogP contribution in [0.2, 0.25) is 0 Å². The predicted octanol–water partition coefficient (Wildman–Crippen LogP) is 0.0991. The monoisotopic (exact) mass is 156 g/mol. The summed E-state index contributed by atoms with van der Waals surface area (Å²) in [5.74, 6) is 0. The molecule has 0 aliphatic carbocycles. The molecule has 0 aromatic carbocycles. The molecule has 62 valence electrons. The molecule has 0 amide bonds. The molecule has 0 atom stereocenters. The lowest BCUT2D eigenvalue weighted by atomic mass is 10.5. The van der Waals surface area contributed by atoms with Crippen molar-refractivity contribution in [2.75, 3.05) is 7.11 Å². The van der Waals surface area contributed by atoms with Crippen LogP contribution in [0.3, 0.4) is 0 Å². The van der Waals surface area contributed by atoms with Gasteiger partial charge in [0, 0.05) is 26.0 Å². The Kier molecular flexibility index (Phi) is 2.14. The molecule has 0 aliphatic rings. The Hall–Kier alpha value is -1.03. The SMILES string of the molecule is COCn1c(C)cn(C)c1=O. The molecule has 1 heterocycles. The third-order valence-corrected chi connectivity index (χ3v) is 1.60. The largest absolute Gasteiger partial charge is 0.364 e. The van der Waals surface area contributed by atoms with Gasteiger partial charge in [0.1, 0.15) is 6.73 Å². The van der Waals surface area contributed by atoms with Crippen molar-refractivity contribution in [3.63, 3.8) is 0 Å². The number of nitrogens with zero attached hydrogens (tertiary/aromatic N) is 2. The molecule has 0 fully saturated rings. The zero-order valence-electron chi connectivity index (χ0n) is 7.00. The van der Waals surface area contributed by atoms with Gasteiger partial charge >= 0.3 is 5.69 Å². The molecular formula is C7H12N2O2. The van der Waals surface area contributed by atoms with Gasteiger partial charge in [0.2, 0.25) is 0 Å². The third-order valence-electron chi connectivity index (χ3n) is 1.60. The number of hydrogen-bond acceptors (Lipinski definition) is 2. The van der Waals surface area contributed by atoms with Crippen molar-refractivity contribution in [1.82, 2.24) is 9.13 Å². The zero-order chi connectivity index (χ0) is 8.43. The van der Waals surface area contributed by atoms with Crippen molar-refractivity contribution in [2.45, 2.75) is 13.7 Å². The standard InChI is InChI=1S/C7H12N2O2/c1-6-4-8(2)7(10)9(6)5-11-3/h4H,5H2,1-3H3. The first-order valence-electron chi connectivity index (χ1n) is 3.38. The number of methoxy groups -OCH3 is 1. The van der Waals surface area contributed by atoms with Crippen LogP contribution in [0.1, 0.15) is 5.69 Å². The topological polar surface area (TPSA) is 36.2 Å². The summed E-state index contributed by atoms with van der Waals surface area (Å²) < 4.78 is 7.96. The van der Waals surface area contributed by atoms with E-state index in [1.807, 2.05) is 6.92 Å². The summed E-state index contributed by atoms with van der Waals surface area (Å²) in [5.41, 5.74) is 0.878. The second-order valence-corrected chi connectivity index (χ2v) is 2.51. The molecule has 4 heteroatoms. The van der Waals surface area contributed by atoms with E-state index in [9.17, 15) is 4.79 Å². The molecule has 4 nitrogen and oxygen atoms in total. The minimum absolute atomic E-state index is 0.0376. The van der Waals surface area contributed by atoms with Crippen LogP contribution in [0.15, 0.2) is 11.0 Å². The summed E-state index contributed by atoms with van der Waals surface area (Å²) in [6.07, 6.45) is 1.78. The molecule has 11 heavy (non-hydrogen) atoms. The van der Waals surface area contributed by atoms with Gasteiger partial charge in [0.15, 0.2) is 0 Å². The van der Waals surface area contributed by atoms with Crippen molar-refractivity contribution < 1.29 is 4.74 Å². The fraction of sp³-hybridized carbons (Fsp3) is 0.571. The molecule has 0 saturated heterocycles. The van der Waals surface area contributed by atoms with Gasteiger partial charge in [-0.3, -0.25) is 4.57 Å². The number of hydrogen-bond donors (Lipinski definition) is 0. The predicted molar refractivity (Wildman–Crippen MR) is 41.4 cm³/mol. The number of rotatable bonds is 2. The highest BCUT2D eigenvalue weighted by Crippen LogP contribution is 1.92. The van der Waals surface area contributed by atoms with Crippen molar-refractivity contribution in [1.29, 1.82) is 0 Å². The third kappa shape index (κ3) is 1.35. The van der Waals surface area contributed by atoms with Gasteiger partial charge in [-0.25, -0.2) is 4.79 Å². The lowest BCUT2D eigenvalue weighted by Crippen LogP contribution is -2.23. The van der Waals surface area contributed by atoms with E-state index in [2.05, 4.69) is 0 Å². The molecule has 0 radical (unpaired) electrons. The fourth-order valence-electron chi connectivity index (χ4n) is 1.03. The second kappa shape index (κ2) is 2.92. The molecule has 1 aromatic heterocycles. The minimum atomic E-state index is -0.0376. The second-order valence-electron chi connectivity index (χ2n) is 2.51. The van der Waals surface area contributed by atoms with Crippen molar-refractivity contribution in [3.05, 3.63) is 22.4 Å². The van der Waals surface area contributed by atoms with Crippen molar-refractivity contribution >= 4 is 0 Å². The summed E-state index contributed by atoms with van der Waals surface area (Å²) in [6.45, 7) is 2.20. The van der Waals surface area contributed by atoms with E-state index in [4.69, 9.17) is 4.74 Å². The van der Waals surface area contributed by atoms with Gasteiger partial charge in [-0.1, -0.05) is 0 Å². The molecule has 0 N–H and O–H groups in total. The van der Waals surface area contributed by atoms with Crippen LogP contribution >= 0.6 is 0 Å². The van der Waals surface area contributed by atoms with Gasteiger partial charge in [0.25, 0.3) is 0 Å². The van der Waals surface area contributed by atoms with Crippen LogP contribution in [0.4, 0.5) is 0 Å². The summed E-state index contributed by atoms with van der Waals surface area (Å²) in [5, 5.41) is 0. The van der Waals surface area contributed by atoms with Crippen LogP contribution in [-0.2, 0) is 18.5 Å². The van der Waals surface area contributed by atoms with Crippen molar-refractivity contribution in [3.8, 4) is 0 Å². The Balaban J connectivity index is 3.12. The number of aromatic nitrogens is 2. The Labute approximate surface area is 65.0 Å². The average molecular weight is 156 g/mol. The molecule has 1 rings (SSSR count). The van der Waals surface area contributed by atoms with Gasteiger partial charge < -0.3 is 9.30 Å². The maximum atomic E-state index is 11.2. The lowest BCUT2D eigenvalue weighted by Gasteiger charge is -1.99. The Morgan fingerprint density at radius 1 is 1.64 bits per heavy atom. The normalized spacial score (nSPS) is 10.5. The van der Waals surface area contributed by atoms with E-state index in [1.54, 1.807) is 24.9 Å². The summed E-state index contributed by atoms with van der Waals surface area (Å²) in [4.78, 5) is 11.2. The average Bonchev–Trinajstić information content (AvgIpc) is 2.17. The molecule has 0 saturated carbocycles. The summed E-state index contributed by atoms with van der Waals surface area (Å²) in [7, 11) is 3.29. The quantitative estimate of drug-likeness (QED) is 0.608. The Morgan fingerprint density at radius 2 is 2.27 bits per heavy atom. The van der Waals surface area contributed by atoms with Crippen LogP contribution in [-0.4, -0.2) is 16.2 Å². The van der Waals surface area contributed by atoms with E-state index in [-0.39, 0.29) is 5.69 Å². The van der Waals surface area contributed by atoms with E-state index in [1.165, 1.54) is 4.57 Å². The minimum Gasteiger partial charge on any atom is -0.364 e. The van der Waals surface area contributed by atoms with Crippen LogP contribution in [0.25, 0.3) is 0 Å². The fourth-order valence-corrected chi connectivity index (χ4v) is 1.03. The molecule has 1 aromatic rings. The number of aryl methyl sites for hydroxylation is 2. The van der Waals surface area contributed by atoms with Crippen LogP contribution < -0.4 is 5.69 Å². The van der Waals surface area contributed by atoms with Crippen LogP contribution in [0.5, 0.6) is 0 Å². The smallest absolute Gasteiger partial charge is 0.329 e. The van der Waals surface area contributed by atoms with E-state index >= 15 is 0 Å². The maximum Gasteiger partial charge on any atom is 0.329 e. The van der Waals surface area contributed by atoms with Gasteiger partial charge in [-0.2, -0.15) is 0 Å². The highest BCUT2D eigenvalue weighted by Gasteiger charge is 2.02. The molecule has 0 unspecified atom stereocenters. The number of imidazole rings is 1. The first-order valence-corrected chi connectivity index (χ1v) is 3.38. The summed E-state index contributed by atoms with van der Waals surface area (Å²) in [6, 6.07) is 0. The lowest BCUT2D eigenvalue weighted by molar-refractivity contribution is 0.126. The zero-order valence-corrected chi connectivity index (χ0v) is 7.00. The summed E-state index contributed by atoms with van der Waals surface area (Å²) >= 11 is 0. The first-order chi connectivity index (χ1) is 5.16. The van der Waals surface area contributed by atoms with Crippen LogP contribution in [0, 0.1) is 6.92 Å². The van der Waals surface area contributed by atoms with E-state index < -0.39 is 0 Å². The highest BCUT2D eigenvalue weighted by molar-refractivity contribution is 4.95. The van der Waals surface area contributed by atoms with Crippen molar-refractivity contribution in [2.24, 2.45) is 7.05 Å². The van der Waals surface area contributed by atoms with Gasteiger partial charge in [0.05, 0.1) is 0 Å². The number of ether oxygens (including phenoxy) is 1. The van der Waals surface area contributed by atoms with E-state index in [0.717, 1.165) is 5.69 Å². The van der Waals surface area contributed by atoms with E-state index in [0.29, 0.717) is 6.73 Å². The Morgan fingerprint density at radius 3 is 2.64 bits per heavy atom. The first kappa shape index (κ1) is 8.07. The molecule has 0 aliphatic heterocycles. The molecule has 0 bridgehead atoms. The maximum absolute atomic E-state index is 11.2. The van der Waals surface area contributed by atoms with Gasteiger partial charge in [-0.05, 0) is 6.92 Å².